The Balaban J connectivity index is 1.88. The number of esters is 1. The first kappa shape index (κ1) is 20.2. The molecule has 0 aliphatic carbocycles. The van der Waals surface area contributed by atoms with Gasteiger partial charge in [0.05, 0.1) is 25.4 Å². The van der Waals surface area contributed by atoms with Crippen LogP contribution >= 0.6 is 0 Å². The lowest BCUT2D eigenvalue weighted by molar-refractivity contribution is -0.141. The monoisotopic (exact) mass is 373 g/mol. The fraction of sp³-hybridized carbons (Fsp3) is 0.556. The molecule has 0 aromatic heterocycles. The number of ether oxygens (including phenoxy) is 2. The van der Waals surface area contributed by atoms with Crippen molar-refractivity contribution in [2.75, 3.05) is 26.8 Å². The predicted molar refractivity (Wildman–Crippen MR) is 87.3 cm³/mol. The van der Waals surface area contributed by atoms with Crippen LogP contribution in [-0.2, 0) is 31.7 Å². The SMILES string of the molecule is COC(=O)CCCC(=O)N1CCOC(Cc2cccc(C(F)(F)F)c2)C1. The van der Waals surface area contributed by atoms with E-state index >= 15 is 0 Å². The molecular weight excluding hydrogens is 351 g/mol. The van der Waals surface area contributed by atoms with Crippen molar-refractivity contribution in [3.63, 3.8) is 0 Å². The van der Waals surface area contributed by atoms with Gasteiger partial charge in [0.25, 0.3) is 0 Å². The van der Waals surface area contributed by atoms with Crippen molar-refractivity contribution in [2.45, 2.75) is 38.0 Å². The van der Waals surface area contributed by atoms with Crippen molar-refractivity contribution in [3.8, 4) is 0 Å². The van der Waals surface area contributed by atoms with Crippen LogP contribution < -0.4 is 0 Å². The number of alkyl halides is 3. The molecule has 0 radical (unpaired) electrons. The van der Waals surface area contributed by atoms with Crippen LogP contribution in [0.3, 0.4) is 0 Å². The third kappa shape index (κ3) is 6.01. The van der Waals surface area contributed by atoms with Gasteiger partial charge in [-0.2, -0.15) is 13.2 Å². The number of rotatable bonds is 6. The molecule has 26 heavy (non-hydrogen) atoms. The maximum Gasteiger partial charge on any atom is 0.416 e. The summed E-state index contributed by atoms with van der Waals surface area (Å²) >= 11 is 0. The van der Waals surface area contributed by atoms with Crippen LogP contribution in [-0.4, -0.2) is 49.7 Å². The maximum atomic E-state index is 12.8. The van der Waals surface area contributed by atoms with Gasteiger partial charge in [-0.1, -0.05) is 18.2 Å². The normalized spacial score (nSPS) is 17.8. The third-order valence-corrected chi connectivity index (χ3v) is 4.21. The highest BCUT2D eigenvalue weighted by molar-refractivity contribution is 5.77. The predicted octanol–water partition coefficient (Wildman–Crippen LogP) is 2.82. The van der Waals surface area contributed by atoms with E-state index in [2.05, 4.69) is 4.74 Å². The molecule has 1 atom stereocenters. The fourth-order valence-corrected chi connectivity index (χ4v) is 2.85. The van der Waals surface area contributed by atoms with Crippen molar-refractivity contribution in [2.24, 2.45) is 0 Å². The quantitative estimate of drug-likeness (QED) is 0.720. The van der Waals surface area contributed by atoms with Crippen LogP contribution in [0.4, 0.5) is 13.2 Å². The Morgan fingerprint density at radius 1 is 1.31 bits per heavy atom. The van der Waals surface area contributed by atoms with Crippen molar-refractivity contribution < 1.29 is 32.2 Å². The molecule has 0 bridgehead atoms. The molecule has 1 aliphatic heterocycles. The number of benzene rings is 1. The Labute approximate surface area is 150 Å². The molecule has 1 heterocycles. The van der Waals surface area contributed by atoms with Gasteiger partial charge in [-0.3, -0.25) is 9.59 Å². The van der Waals surface area contributed by atoms with Crippen molar-refractivity contribution >= 4 is 11.9 Å². The van der Waals surface area contributed by atoms with Gasteiger partial charge in [0.1, 0.15) is 0 Å². The van der Waals surface area contributed by atoms with Gasteiger partial charge in [0, 0.05) is 32.4 Å². The zero-order chi connectivity index (χ0) is 19.2. The molecule has 1 aliphatic rings. The van der Waals surface area contributed by atoms with Gasteiger partial charge in [0.15, 0.2) is 0 Å². The van der Waals surface area contributed by atoms with Crippen LogP contribution in [0.1, 0.15) is 30.4 Å². The van der Waals surface area contributed by atoms with Crippen molar-refractivity contribution in [1.82, 2.24) is 4.90 Å². The second kappa shape index (κ2) is 9.02. The Morgan fingerprint density at radius 2 is 2.08 bits per heavy atom. The largest absolute Gasteiger partial charge is 0.469 e. The highest BCUT2D eigenvalue weighted by Gasteiger charge is 2.31. The van der Waals surface area contributed by atoms with E-state index in [9.17, 15) is 22.8 Å². The van der Waals surface area contributed by atoms with Gasteiger partial charge in [-0.05, 0) is 18.1 Å². The lowest BCUT2D eigenvalue weighted by atomic mass is 10.0. The molecule has 1 aromatic carbocycles. The molecule has 1 fully saturated rings. The topological polar surface area (TPSA) is 55.8 Å². The summed E-state index contributed by atoms with van der Waals surface area (Å²) in [6.07, 6.45) is -3.62. The number of nitrogens with zero attached hydrogens (tertiary/aromatic N) is 1. The summed E-state index contributed by atoms with van der Waals surface area (Å²) in [5, 5.41) is 0. The summed E-state index contributed by atoms with van der Waals surface area (Å²) in [4.78, 5) is 24.9. The summed E-state index contributed by atoms with van der Waals surface area (Å²) in [5.74, 6) is -0.451. The molecule has 144 valence electrons. The number of amides is 1. The average molecular weight is 373 g/mol. The highest BCUT2D eigenvalue weighted by Crippen LogP contribution is 2.30. The number of hydrogen-bond donors (Lipinski definition) is 0. The van der Waals surface area contributed by atoms with E-state index in [4.69, 9.17) is 4.74 Å². The van der Waals surface area contributed by atoms with E-state index in [0.29, 0.717) is 38.1 Å². The summed E-state index contributed by atoms with van der Waals surface area (Å²) in [6, 6.07) is 5.13. The maximum absolute atomic E-state index is 12.8. The lowest BCUT2D eigenvalue weighted by Crippen LogP contribution is -2.46. The Hall–Kier alpha value is -2.09. The number of carbonyl (C=O) groups excluding carboxylic acids is 2. The molecule has 0 saturated carbocycles. The molecule has 8 heteroatoms. The minimum atomic E-state index is -4.38. The first-order chi connectivity index (χ1) is 12.3. The summed E-state index contributed by atoms with van der Waals surface area (Å²) in [7, 11) is 1.30. The number of hydrogen-bond acceptors (Lipinski definition) is 4. The average Bonchev–Trinajstić information content (AvgIpc) is 2.61. The fourth-order valence-electron chi connectivity index (χ4n) is 2.85. The zero-order valence-electron chi connectivity index (χ0n) is 14.6. The van der Waals surface area contributed by atoms with Crippen LogP contribution in [0.15, 0.2) is 24.3 Å². The van der Waals surface area contributed by atoms with Crippen LogP contribution in [0.5, 0.6) is 0 Å². The number of methoxy groups -OCH3 is 1. The van der Waals surface area contributed by atoms with E-state index in [1.54, 1.807) is 11.0 Å². The molecule has 1 aromatic rings. The first-order valence-electron chi connectivity index (χ1n) is 8.42. The van der Waals surface area contributed by atoms with Gasteiger partial charge >= 0.3 is 12.1 Å². The number of halogens is 3. The molecule has 1 saturated heterocycles. The van der Waals surface area contributed by atoms with E-state index in [1.807, 2.05) is 0 Å². The summed E-state index contributed by atoms with van der Waals surface area (Å²) in [5.41, 5.74) is -0.175. The Bertz CT molecular complexity index is 633. The van der Waals surface area contributed by atoms with E-state index in [0.717, 1.165) is 12.1 Å². The lowest BCUT2D eigenvalue weighted by Gasteiger charge is -2.33. The minimum absolute atomic E-state index is 0.0914. The molecule has 1 unspecified atom stereocenters. The molecule has 1 amide bonds. The highest BCUT2D eigenvalue weighted by atomic mass is 19.4. The zero-order valence-corrected chi connectivity index (χ0v) is 14.6. The first-order valence-corrected chi connectivity index (χ1v) is 8.42. The van der Waals surface area contributed by atoms with Crippen LogP contribution in [0, 0.1) is 0 Å². The van der Waals surface area contributed by atoms with Gasteiger partial charge < -0.3 is 14.4 Å². The second-order valence-corrected chi connectivity index (χ2v) is 6.16. The molecule has 5 nitrogen and oxygen atoms in total. The minimum Gasteiger partial charge on any atom is -0.469 e. The van der Waals surface area contributed by atoms with E-state index < -0.39 is 11.7 Å². The smallest absolute Gasteiger partial charge is 0.416 e. The standard InChI is InChI=1S/C18H22F3NO4/c1-25-17(24)7-3-6-16(23)22-8-9-26-15(12-22)11-13-4-2-5-14(10-13)18(19,20)21/h2,4-5,10,15H,3,6-9,11-12H2,1H3. The molecular formula is C18H22F3NO4. The van der Waals surface area contributed by atoms with Crippen molar-refractivity contribution in [3.05, 3.63) is 35.4 Å². The van der Waals surface area contributed by atoms with Gasteiger partial charge in [-0.25, -0.2) is 0 Å². The van der Waals surface area contributed by atoms with Gasteiger partial charge in [-0.15, -0.1) is 0 Å². The molecule has 0 spiro atoms. The summed E-state index contributed by atoms with van der Waals surface area (Å²) in [6.45, 7) is 1.11. The Morgan fingerprint density at radius 3 is 2.77 bits per heavy atom. The van der Waals surface area contributed by atoms with Crippen LogP contribution in [0.25, 0.3) is 0 Å². The van der Waals surface area contributed by atoms with E-state index in [1.165, 1.54) is 13.2 Å². The molecule has 0 N–H and O–H groups in total. The number of morpholine rings is 1. The Kier molecular flexibility index (Phi) is 7.02. The van der Waals surface area contributed by atoms with Gasteiger partial charge in [0.2, 0.25) is 5.91 Å². The number of carbonyl (C=O) groups is 2. The third-order valence-electron chi connectivity index (χ3n) is 4.21. The molecule has 2 rings (SSSR count). The van der Waals surface area contributed by atoms with Crippen LogP contribution in [0.2, 0.25) is 0 Å². The second-order valence-electron chi connectivity index (χ2n) is 6.16. The summed E-state index contributed by atoms with van der Waals surface area (Å²) < 4.78 is 48.5. The van der Waals surface area contributed by atoms with E-state index in [-0.39, 0.29) is 30.8 Å². The van der Waals surface area contributed by atoms with Crippen molar-refractivity contribution in [1.29, 1.82) is 0 Å².